The Hall–Kier alpha value is -4.51. The van der Waals surface area contributed by atoms with Gasteiger partial charge in [0.05, 0.1) is 22.3 Å². The van der Waals surface area contributed by atoms with Gasteiger partial charge in [-0.1, -0.05) is 123 Å². The molecular formula is C39H40N4O. The monoisotopic (exact) mass is 580 g/mol. The van der Waals surface area contributed by atoms with E-state index >= 15 is 0 Å². The number of furan rings is 1. The highest BCUT2D eigenvalue weighted by Crippen LogP contribution is 2.42. The van der Waals surface area contributed by atoms with Crippen molar-refractivity contribution < 1.29 is 4.42 Å². The van der Waals surface area contributed by atoms with E-state index in [9.17, 15) is 0 Å². The van der Waals surface area contributed by atoms with Crippen LogP contribution in [0.5, 0.6) is 0 Å². The van der Waals surface area contributed by atoms with Crippen LogP contribution in [0.3, 0.4) is 0 Å². The third-order valence-electron chi connectivity index (χ3n) is 8.47. The van der Waals surface area contributed by atoms with Crippen molar-refractivity contribution >= 4 is 43.7 Å². The van der Waals surface area contributed by atoms with Gasteiger partial charge < -0.3 is 8.98 Å². The first-order valence-electron chi connectivity index (χ1n) is 15.5. The molecule has 3 aromatic heterocycles. The zero-order valence-corrected chi connectivity index (χ0v) is 27.2. The standard InChI is InChI=1S/C39H40N4O/c1-37(2,3)28-20-13-16-24-23-15-10-11-21-29(23)43(31(24)28)30-22-14-18-26-25-17-12-19-27(32(25)44-33(26)30)34-40-35(38(4,5)6)42-36(41-34)39(7,8)9/h10-22H,1-9H3. The van der Waals surface area contributed by atoms with Gasteiger partial charge in [-0.3, -0.25) is 0 Å². The minimum Gasteiger partial charge on any atom is -0.453 e. The van der Waals surface area contributed by atoms with E-state index in [1.165, 1.54) is 21.9 Å². The number of para-hydroxylation sites is 4. The van der Waals surface area contributed by atoms with E-state index in [4.69, 9.17) is 19.4 Å². The minimum absolute atomic E-state index is 0.0468. The summed E-state index contributed by atoms with van der Waals surface area (Å²) in [6.07, 6.45) is 0. The SMILES string of the molecule is CC(C)(C)c1nc(-c2cccc3c2oc2c(-n4c5ccccc5c5cccc(C(C)(C)C)c54)cccc23)nc(C(C)(C)C)n1. The quantitative estimate of drug-likeness (QED) is 0.204. The largest absolute Gasteiger partial charge is 0.453 e. The van der Waals surface area contributed by atoms with E-state index in [-0.39, 0.29) is 16.2 Å². The summed E-state index contributed by atoms with van der Waals surface area (Å²) in [5.74, 6) is 2.20. The highest BCUT2D eigenvalue weighted by Gasteiger charge is 2.28. The Morgan fingerprint density at radius 3 is 1.75 bits per heavy atom. The van der Waals surface area contributed by atoms with Crippen molar-refractivity contribution in [3.63, 3.8) is 0 Å². The molecule has 0 aliphatic carbocycles. The molecular weight excluding hydrogens is 540 g/mol. The summed E-state index contributed by atoms with van der Waals surface area (Å²) >= 11 is 0. The van der Waals surface area contributed by atoms with Crippen LogP contribution in [0.25, 0.3) is 60.8 Å². The molecule has 0 saturated carbocycles. The lowest BCUT2D eigenvalue weighted by Crippen LogP contribution is -2.24. The van der Waals surface area contributed by atoms with Crippen molar-refractivity contribution in [3.8, 4) is 17.1 Å². The van der Waals surface area contributed by atoms with E-state index < -0.39 is 0 Å². The molecule has 0 unspecified atom stereocenters. The van der Waals surface area contributed by atoms with Crippen LogP contribution in [0.4, 0.5) is 0 Å². The van der Waals surface area contributed by atoms with E-state index in [2.05, 4.69) is 146 Å². The van der Waals surface area contributed by atoms with Crippen LogP contribution >= 0.6 is 0 Å². The molecule has 0 radical (unpaired) electrons. The highest BCUT2D eigenvalue weighted by molar-refractivity contribution is 6.14. The molecule has 0 aliphatic heterocycles. The molecule has 0 bridgehead atoms. The summed E-state index contributed by atoms with van der Waals surface area (Å²) in [4.78, 5) is 14.9. The number of fused-ring (bicyclic) bond motifs is 6. The molecule has 3 heterocycles. The van der Waals surface area contributed by atoms with E-state index in [0.29, 0.717) is 5.82 Å². The van der Waals surface area contributed by atoms with Crippen LogP contribution in [0.1, 0.15) is 79.5 Å². The summed E-state index contributed by atoms with van der Waals surface area (Å²) < 4.78 is 9.34. The first-order chi connectivity index (χ1) is 20.7. The minimum atomic E-state index is -0.228. The zero-order chi connectivity index (χ0) is 31.2. The Labute approximate surface area is 259 Å². The Bertz CT molecular complexity index is 2200. The van der Waals surface area contributed by atoms with Gasteiger partial charge in [-0.25, -0.2) is 15.0 Å². The van der Waals surface area contributed by atoms with E-state index in [0.717, 1.165) is 50.4 Å². The zero-order valence-electron chi connectivity index (χ0n) is 27.2. The third-order valence-corrected chi connectivity index (χ3v) is 8.47. The maximum Gasteiger partial charge on any atom is 0.167 e. The number of aromatic nitrogens is 4. The van der Waals surface area contributed by atoms with Gasteiger partial charge in [-0.05, 0) is 29.2 Å². The number of benzene rings is 4. The average molecular weight is 581 g/mol. The average Bonchev–Trinajstić information content (AvgIpc) is 3.51. The Morgan fingerprint density at radius 2 is 1.09 bits per heavy atom. The van der Waals surface area contributed by atoms with Crippen molar-refractivity contribution in [3.05, 3.63) is 96.1 Å². The summed E-state index contributed by atoms with van der Waals surface area (Å²) in [7, 11) is 0. The maximum atomic E-state index is 6.95. The Morgan fingerprint density at radius 1 is 0.523 bits per heavy atom. The maximum absolute atomic E-state index is 6.95. The first kappa shape index (κ1) is 28.3. The van der Waals surface area contributed by atoms with Gasteiger partial charge in [-0.2, -0.15) is 0 Å². The van der Waals surface area contributed by atoms with E-state index in [1.807, 2.05) is 0 Å². The smallest absolute Gasteiger partial charge is 0.167 e. The van der Waals surface area contributed by atoms with Crippen LogP contribution in [-0.4, -0.2) is 19.5 Å². The van der Waals surface area contributed by atoms with Gasteiger partial charge in [0.25, 0.3) is 0 Å². The molecule has 222 valence electrons. The molecule has 0 spiro atoms. The fraction of sp³-hybridized carbons (Fsp3) is 0.308. The lowest BCUT2D eigenvalue weighted by Gasteiger charge is -2.22. The lowest BCUT2D eigenvalue weighted by molar-refractivity contribution is 0.497. The number of rotatable bonds is 2. The second-order valence-corrected chi connectivity index (χ2v) is 15.0. The predicted molar refractivity (Wildman–Crippen MR) is 183 cm³/mol. The van der Waals surface area contributed by atoms with Gasteiger partial charge in [0.2, 0.25) is 0 Å². The van der Waals surface area contributed by atoms with Crippen molar-refractivity contribution in [2.24, 2.45) is 0 Å². The summed E-state index contributed by atoms with van der Waals surface area (Å²) in [5, 5.41) is 4.60. The van der Waals surface area contributed by atoms with Crippen LogP contribution in [0.2, 0.25) is 0 Å². The number of hydrogen-bond acceptors (Lipinski definition) is 4. The number of nitrogens with zero attached hydrogens (tertiary/aromatic N) is 4. The summed E-state index contributed by atoms with van der Waals surface area (Å²) in [6, 6.07) is 28.1. The Kier molecular flexibility index (Phi) is 6.10. The van der Waals surface area contributed by atoms with Crippen LogP contribution in [0, 0.1) is 0 Å². The van der Waals surface area contributed by atoms with Crippen molar-refractivity contribution in [2.75, 3.05) is 0 Å². The van der Waals surface area contributed by atoms with E-state index in [1.54, 1.807) is 0 Å². The molecule has 5 nitrogen and oxygen atoms in total. The fourth-order valence-electron chi connectivity index (χ4n) is 6.20. The molecule has 7 aromatic rings. The molecule has 7 rings (SSSR count). The van der Waals surface area contributed by atoms with Crippen LogP contribution in [-0.2, 0) is 16.2 Å². The normalized spacial score (nSPS) is 13.1. The molecule has 5 heteroatoms. The fourth-order valence-corrected chi connectivity index (χ4v) is 6.20. The third kappa shape index (κ3) is 4.40. The summed E-state index contributed by atoms with van der Waals surface area (Å²) in [5.41, 5.74) is 6.71. The van der Waals surface area contributed by atoms with Gasteiger partial charge in [0.15, 0.2) is 11.4 Å². The second-order valence-electron chi connectivity index (χ2n) is 15.0. The first-order valence-corrected chi connectivity index (χ1v) is 15.5. The molecule has 0 saturated heterocycles. The van der Waals surface area contributed by atoms with Crippen molar-refractivity contribution in [1.29, 1.82) is 0 Å². The molecule has 0 amide bonds. The molecule has 4 aromatic carbocycles. The molecule has 0 fully saturated rings. The predicted octanol–water partition coefficient (Wildman–Crippen LogP) is 10.4. The van der Waals surface area contributed by atoms with Crippen LogP contribution < -0.4 is 0 Å². The van der Waals surface area contributed by atoms with Crippen molar-refractivity contribution in [1.82, 2.24) is 19.5 Å². The van der Waals surface area contributed by atoms with Crippen molar-refractivity contribution in [2.45, 2.75) is 78.6 Å². The lowest BCUT2D eigenvalue weighted by atomic mass is 9.85. The number of hydrogen-bond donors (Lipinski definition) is 0. The second kappa shape index (κ2) is 9.49. The molecule has 0 atom stereocenters. The van der Waals surface area contributed by atoms with Gasteiger partial charge in [0, 0.05) is 32.4 Å². The van der Waals surface area contributed by atoms with Gasteiger partial charge in [-0.15, -0.1) is 0 Å². The highest BCUT2D eigenvalue weighted by atomic mass is 16.3. The van der Waals surface area contributed by atoms with Gasteiger partial charge >= 0.3 is 0 Å². The Balaban J connectivity index is 1.57. The topological polar surface area (TPSA) is 56.7 Å². The summed E-state index contributed by atoms with van der Waals surface area (Å²) in [6.45, 7) is 19.7. The molecule has 44 heavy (non-hydrogen) atoms. The van der Waals surface area contributed by atoms with Gasteiger partial charge in [0.1, 0.15) is 17.2 Å². The molecule has 0 N–H and O–H groups in total. The molecule has 0 aliphatic rings. The van der Waals surface area contributed by atoms with Crippen LogP contribution in [0.15, 0.2) is 83.3 Å².